The molecule has 0 bridgehead atoms. The van der Waals surface area contributed by atoms with Crippen LogP contribution in [0, 0.1) is 6.92 Å². The van der Waals surface area contributed by atoms with Gasteiger partial charge in [0.05, 0.1) is 16.0 Å². The van der Waals surface area contributed by atoms with Gasteiger partial charge in [0.25, 0.3) is 10.0 Å². The van der Waals surface area contributed by atoms with Crippen LogP contribution in [0.4, 0.5) is 4.79 Å². The maximum Gasteiger partial charge on any atom is 0.407 e. The zero-order valence-corrected chi connectivity index (χ0v) is 23.6. The van der Waals surface area contributed by atoms with Crippen molar-refractivity contribution < 1.29 is 32.6 Å². The van der Waals surface area contributed by atoms with Crippen molar-refractivity contribution >= 4 is 27.7 Å². The van der Waals surface area contributed by atoms with Crippen molar-refractivity contribution in [2.45, 2.75) is 44.6 Å². The first kappa shape index (κ1) is 27.8. The Morgan fingerprint density at radius 1 is 1.02 bits per heavy atom. The van der Waals surface area contributed by atoms with Gasteiger partial charge in [-0.1, -0.05) is 17.7 Å². The summed E-state index contributed by atoms with van der Waals surface area (Å²) in [6.07, 6.45) is 0.622. The highest BCUT2D eigenvalue weighted by Crippen LogP contribution is 2.37. The Labute approximate surface area is 236 Å². The average Bonchev–Trinajstić information content (AvgIpc) is 3.51. The fraction of sp³-hybridized carbons (Fsp3) is 0.241. The molecule has 0 saturated heterocycles. The topological polar surface area (TPSA) is 160 Å². The summed E-state index contributed by atoms with van der Waals surface area (Å²) in [6.45, 7) is 6.99. The van der Waals surface area contributed by atoms with Gasteiger partial charge in [0.2, 0.25) is 5.78 Å². The van der Waals surface area contributed by atoms with Crippen molar-refractivity contribution in [3.63, 3.8) is 0 Å². The Kier molecular flexibility index (Phi) is 6.82. The monoisotopic (exact) mass is 576 g/mol. The number of fused-ring (bicyclic) bond motifs is 2. The quantitative estimate of drug-likeness (QED) is 0.274. The van der Waals surface area contributed by atoms with Gasteiger partial charge in [-0.15, -0.1) is 0 Å². The van der Waals surface area contributed by atoms with Crippen molar-refractivity contribution in [2.75, 3.05) is 6.54 Å². The average molecular weight is 577 g/mol. The molecule has 5 rings (SSSR count). The molecule has 0 atom stereocenters. The number of amides is 1. The molecule has 0 spiro atoms. The van der Waals surface area contributed by atoms with Crippen LogP contribution in [0.1, 0.15) is 64.0 Å². The molecule has 3 N–H and O–H groups in total. The number of phenols is 1. The van der Waals surface area contributed by atoms with Crippen molar-refractivity contribution in [1.29, 1.82) is 0 Å². The number of ether oxygens (including phenoxy) is 1. The minimum Gasteiger partial charge on any atom is -0.508 e. The number of hydrogen-bond donors (Lipinski definition) is 3. The lowest BCUT2D eigenvalue weighted by Crippen LogP contribution is -2.33. The molecule has 0 unspecified atom stereocenters. The number of aromatic hydroxyl groups is 1. The molecule has 1 aliphatic carbocycles. The number of phenolic OH excluding ortho intramolecular Hbond substituents is 1. The number of alkyl carbamates (subject to hydrolysis) is 1. The SMILES string of the molecule is Cc1ccc(S(=O)(=O)n2cc(CCNC(=O)OC(C)(C)C)c3c2C(=O)c2[nH]nc(-c4ccc(O)cc4)c2C3=O)cc1. The Morgan fingerprint density at radius 3 is 2.32 bits per heavy atom. The number of aromatic amines is 1. The standard InChI is InChI=1S/C29H28N4O7S/c1-16-5-11-20(12-6-16)41(38,39)33-15-18(13-14-30-28(37)40-29(2,3)4)21-25(33)27(36)24-22(26(21)35)23(31-32-24)17-7-9-19(34)10-8-17/h5-12,15,34H,13-14H2,1-4H3,(H,30,37)(H,31,32). The Morgan fingerprint density at radius 2 is 1.68 bits per heavy atom. The van der Waals surface area contributed by atoms with Crippen LogP contribution >= 0.6 is 0 Å². The van der Waals surface area contributed by atoms with Gasteiger partial charge in [-0.25, -0.2) is 17.2 Å². The van der Waals surface area contributed by atoms with Crippen molar-refractivity contribution in [1.82, 2.24) is 19.5 Å². The number of aromatic nitrogens is 3. The Balaban J connectivity index is 1.61. The normalized spacial score (nSPS) is 13.1. The maximum atomic E-state index is 14.0. The van der Waals surface area contributed by atoms with Crippen molar-refractivity contribution in [2.24, 2.45) is 0 Å². The number of rotatable bonds is 6. The Hall–Kier alpha value is -4.71. The highest BCUT2D eigenvalue weighted by molar-refractivity contribution is 7.90. The van der Waals surface area contributed by atoms with Crippen LogP contribution in [0.15, 0.2) is 59.6 Å². The van der Waals surface area contributed by atoms with Crippen LogP contribution in [0.3, 0.4) is 0 Å². The maximum absolute atomic E-state index is 14.0. The lowest BCUT2D eigenvalue weighted by molar-refractivity contribution is 0.0528. The zero-order valence-electron chi connectivity index (χ0n) is 22.8. The van der Waals surface area contributed by atoms with E-state index in [4.69, 9.17) is 4.74 Å². The molecular formula is C29H28N4O7S. The molecule has 0 saturated carbocycles. The molecule has 12 heteroatoms. The van der Waals surface area contributed by atoms with Gasteiger partial charge >= 0.3 is 6.09 Å². The van der Waals surface area contributed by atoms with E-state index in [1.165, 1.54) is 30.5 Å². The summed E-state index contributed by atoms with van der Waals surface area (Å²) in [5, 5.41) is 19.1. The third kappa shape index (κ3) is 5.13. The zero-order chi connectivity index (χ0) is 29.7. The minimum absolute atomic E-state index is 0.0000233. The predicted molar refractivity (Wildman–Crippen MR) is 149 cm³/mol. The minimum atomic E-state index is -4.28. The number of benzene rings is 2. The van der Waals surface area contributed by atoms with E-state index < -0.39 is 33.3 Å². The van der Waals surface area contributed by atoms with Crippen LogP contribution in [-0.4, -0.2) is 57.5 Å². The highest BCUT2D eigenvalue weighted by atomic mass is 32.2. The van der Waals surface area contributed by atoms with Crippen LogP contribution in [0.5, 0.6) is 5.75 Å². The molecule has 0 fully saturated rings. The van der Waals surface area contributed by atoms with Gasteiger partial charge < -0.3 is 15.2 Å². The fourth-order valence-electron chi connectivity index (χ4n) is 4.62. The van der Waals surface area contributed by atoms with Gasteiger partial charge in [-0.2, -0.15) is 5.10 Å². The van der Waals surface area contributed by atoms with E-state index in [9.17, 15) is 27.9 Å². The largest absolute Gasteiger partial charge is 0.508 e. The van der Waals surface area contributed by atoms with Gasteiger partial charge in [0, 0.05) is 18.3 Å². The van der Waals surface area contributed by atoms with E-state index in [-0.39, 0.29) is 57.4 Å². The summed E-state index contributed by atoms with van der Waals surface area (Å²) in [6, 6.07) is 12.1. The molecule has 41 heavy (non-hydrogen) atoms. The molecule has 1 aliphatic rings. The molecule has 212 valence electrons. The van der Waals surface area contributed by atoms with Crippen LogP contribution in [0.25, 0.3) is 11.3 Å². The first-order valence-electron chi connectivity index (χ1n) is 12.8. The third-order valence-corrected chi connectivity index (χ3v) is 8.17. The third-order valence-electron chi connectivity index (χ3n) is 6.50. The second-order valence-corrected chi connectivity index (χ2v) is 12.5. The number of ketones is 2. The van der Waals surface area contributed by atoms with Crippen molar-refractivity contribution in [3.05, 3.63) is 88.4 Å². The molecule has 4 aromatic rings. The number of hydrogen-bond acceptors (Lipinski definition) is 8. The van der Waals surface area contributed by atoms with E-state index in [2.05, 4.69) is 15.5 Å². The summed E-state index contributed by atoms with van der Waals surface area (Å²) in [4.78, 5) is 40.0. The second-order valence-electron chi connectivity index (χ2n) is 10.7. The number of carbonyl (C=O) groups excluding carboxylic acids is 3. The number of aryl methyl sites for hydroxylation is 1. The van der Waals surface area contributed by atoms with E-state index in [0.717, 1.165) is 9.54 Å². The van der Waals surface area contributed by atoms with E-state index in [0.29, 0.717) is 5.56 Å². The molecule has 1 amide bonds. The van der Waals surface area contributed by atoms with Crippen molar-refractivity contribution in [3.8, 4) is 17.0 Å². The summed E-state index contributed by atoms with van der Waals surface area (Å²) in [5.74, 6) is -1.29. The van der Waals surface area contributed by atoms with Crippen LogP contribution in [0.2, 0.25) is 0 Å². The summed E-state index contributed by atoms with van der Waals surface area (Å²) in [7, 11) is -4.28. The predicted octanol–water partition coefficient (Wildman–Crippen LogP) is 3.97. The number of carbonyl (C=O) groups is 3. The first-order chi connectivity index (χ1) is 19.3. The molecular weight excluding hydrogens is 548 g/mol. The fourth-order valence-corrected chi connectivity index (χ4v) is 6.00. The van der Waals surface area contributed by atoms with E-state index in [1.54, 1.807) is 45.0 Å². The lowest BCUT2D eigenvalue weighted by atomic mass is 9.87. The van der Waals surface area contributed by atoms with Crippen LogP contribution in [-0.2, 0) is 21.2 Å². The van der Waals surface area contributed by atoms with Gasteiger partial charge in [0.1, 0.15) is 28.4 Å². The van der Waals surface area contributed by atoms with Crippen LogP contribution < -0.4 is 5.32 Å². The Bertz CT molecular complexity index is 1790. The van der Waals surface area contributed by atoms with Gasteiger partial charge in [-0.3, -0.25) is 14.7 Å². The van der Waals surface area contributed by atoms with E-state index >= 15 is 0 Å². The molecule has 11 nitrogen and oxygen atoms in total. The molecule has 0 aliphatic heterocycles. The summed E-state index contributed by atoms with van der Waals surface area (Å²) >= 11 is 0. The van der Waals surface area contributed by atoms with Gasteiger partial charge in [-0.05, 0) is 76.1 Å². The number of H-pyrrole nitrogens is 1. The number of nitrogens with zero attached hydrogens (tertiary/aromatic N) is 2. The highest BCUT2D eigenvalue weighted by Gasteiger charge is 2.41. The van der Waals surface area contributed by atoms with Gasteiger partial charge in [0.15, 0.2) is 5.78 Å². The molecule has 0 radical (unpaired) electrons. The smallest absolute Gasteiger partial charge is 0.407 e. The molecule has 2 aromatic carbocycles. The summed E-state index contributed by atoms with van der Waals surface area (Å²) < 4.78 is 33.6. The lowest BCUT2D eigenvalue weighted by Gasteiger charge is -2.19. The number of nitrogens with one attached hydrogen (secondary N) is 2. The second kappa shape index (κ2) is 10.0. The first-order valence-corrected chi connectivity index (χ1v) is 14.2. The molecule has 2 heterocycles. The van der Waals surface area contributed by atoms with E-state index in [1.807, 2.05) is 6.92 Å². The summed E-state index contributed by atoms with van der Waals surface area (Å²) in [5.41, 5.74) is 0.528. The molecule has 2 aromatic heterocycles.